The van der Waals surface area contributed by atoms with Crippen molar-refractivity contribution >= 4 is 28.4 Å². The number of benzene rings is 2. The number of nitrogens with zero attached hydrogens (tertiary/aromatic N) is 2. The first-order chi connectivity index (χ1) is 11.1. The number of rotatable bonds is 5. The summed E-state index contributed by atoms with van der Waals surface area (Å²) in [5, 5.41) is 8.92. The van der Waals surface area contributed by atoms with Gasteiger partial charge in [-0.3, -0.25) is 9.48 Å². The van der Waals surface area contributed by atoms with Crippen LogP contribution < -0.4 is 5.32 Å². The second kappa shape index (κ2) is 6.84. The van der Waals surface area contributed by atoms with Crippen LogP contribution in [0, 0.1) is 6.92 Å². The zero-order valence-corrected chi connectivity index (χ0v) is 13.7. The molecule has 3 aromatic rings. The molecule has 1 amide bonds. The van der Waals surface area contributed by atoms with Crippen molar-refractivity contribution in [1.29, 1.82) is 0 Å². The maximum atomic E-state index is 12.0. The van der Waals surface area contributed by atoms with E-state index >= 15 is 0 Å². The number of aryl methyl sites for hydroxylation is 2. The van der Waals surface area contributed by atoms with E-state index in [2.05, 4.69) is 10.4 Å². The molecule has 118 valence electrons. The fraction of sp³-hybridized carbons (Fsp3) is 0.222. The maximum absolute atomic E-state index is 12.0. The van der Waals surface area contributed by atoms with Gasteiger partial charge in [-0.15, -0.1) is 0 Å². The molecule has 0 saturated carbocycles. The van der Waals surface area contributed by atoms with Crippen LogP contribution in [0.15, 0.2) is 48.7 Å². The van der Waals surface area contributed by atoms with Gasteiger partial charge in [-0.2, -0.15) is 5.10 Å². The first-order valence-corrected chi connectivity index (χ1v) is 7.93. The van der Waals surface area contributed by atoms with Crippen LogP contribution in [0.5, 0.6) is 0 Å². The van der Waals surface area contributed by atoms with Crippen molar-refractivity contribution in [2.24, 2.45) is 0 Å². The van der Waals surface area contributed by atoms with Crippen molar-refractivity contribution < 1.29 is 4.79 Å². The number of hydrogen-bond donors (Lipinski definition) is 1. The molecule has 4 nitrogen and oxygen atoms in total. The summed E-state index contributed by atoms with van der Waals surface area (Å²) in [4.78, 5) is 12.0. The van der Waals surface area contributed by atoms with Crippen molar-refractivity contribution in [1.82, 2.24) is 15.1 Å². The Bertz CT molecular complexity index is 824. The third-order valence-electron chi connectivity index (χ3n) is 3.76. The molecule has 0 aliphatic carbocycles. The van der Waals surface area contributed by atoms with E-state index in [0.29, 0.717) is 24.5 Å². The lowest BCUT2D eigenvalue weighted by molar-refractivity contribution is -0.121. The standard InChI is InChI=1S/C18H18ClN3O/c1-13-2-4-14(5-3-13)11-20-18(23)8-9-22-17-7-6-16(19)10-15(17)12-21-22/h2-7,10,12H,8-9,11H2,1H3,(H,20,23). The van der Waals surface area contributed by atoms with E-state index in [1.807, 2.05) is 54.1 Å². The van der Waals surface area contributed by atoms with E-state index in [0.717, 1.165) is 16.5 Å². The summed E-state index contributed by atoms with van der Waals surface area (Å²) in [6.07, 6.45) is 2.16. The van der Waals surface area contributed by atoms with Crippen molar-refractivity contribution in [3.05, 3.63) is 64.8 Å². The molecule has 2 aromatic carbocycles. The predicted octanol–water partition coefficient (Wildman–Crippen LogP) is 3.70. The summed E-state index contributed by atoms with van der Waals surface area (Å²) >= 11 is 5.96. The number of aromatic nitrogens is 2. The minimum Gasteiger partial charge on any atom is -0.352 e. The van der Waals surface area contributed by atoms with Crippen LogP contribution in [0.2, 0.25) is 5.02 Å². The van der Waals surface area contributed by atoms with E-state index < -0.39 is 0 Å². The van der Waals surface area contributed by atoms with Crippen LogP contribution in [0.4, 0.5) is 0 Å². The molecule has 23 heavy (non-hydrogen) atoms. The van der Waals surface area contributed by atoms with Crippen molar-refractivity contribution in [3.8, 4) is 0 Å². The Kier molecular flexibility index (Phi) is 4.63. The van der Waals surface area contributed by atoms with E-state index in [-0.39, 0.29) is 5.91 Å². The number of fused-ring (bicyclic) bond motifs is 1. The molecule has 0 aliphatic heterocycles. The average molecular weight is 328 g/mol. The second-order valence-corrected chi connectivity index (χ2v) is 6.02. The monoisotopic (exact) mass is 327 g/mol. The quantitative estimate of drug-likeness (QED) is 0.776. The summed E-state index contributed by atoms with van der Waals surface area (Å²) in [5.74, 6) is 0.0168. The van der Waals surface area contributed by atoms with Crippen LogP contribution in [0.1, 0.15) is 17.5 Å². The molecule has 0 saturated heterocycles. The third-order valence-corrected chi connectivity index (χ3v) is 4.00. The summed E-state index contributed by atoms with van der Waals surface area (Å²) in [5.41, 5.74) is 3.30. The van der Waals surface area contributed by atoms with Gasteiger partial charge in [-0.1, -0.05) is 41.4 Å². The summed E-state index contributed by atoms with van der Waals surface area (Å²) in [6, 6.07) is 13.8. The lowest BCUT2D eigenvalue weighted by atomic mass is 10.1. The SMILES string of the molecule is Cc1ccc(CNC(=O)CCn2ncc3cc(Cl)ccc32)cc1. The van der Waals surface area contributed by atoms with E-state index in [1.54, 1.807) is 6.20 Å². The lowest BCUT2D eigenvalue weighted by Gasteiger charge is -2.07. The van der Waals surface area contributed by atoms with Crippen molar-refractivity contribution in [3.63, 3.8) is 0 Å². The smallest absolute Gasteiger partial charge is 0.222 e. The number of hydrogen-bond acceptors (Lipinski definition) is 2. The highest BCUT2D eigenvalue weighted by Crippen LogP contribution is 2.19. The van der Waals surface area contributed by atoms with Crippen LogP contribution in [-0.2, 0) is 17.9 Å². The Hall–Kier alpha value is -2.33. The molecule has 0 atom stereocenters. The zero-order chi connectivity index (χ0) is 16.2. The zero-order valence-electron chi connectivity index (χ0n) is 12.9. The second-order valence-electron chi connectivity index (χ2n) is 5.58. The van der Waals surface area contributed by atoms with Gasteiger partial charge in [0.2, 0.25) is 5.91 Å². The van der Waals surface area contributed by atoms with Crippen LogP contribution in [-0.4, -0.2) is 15.7 Å². The van der Waals surface area contributed by atoms with Gasteiger partial charge in [-0.25, -0.2) is 0 Å². The van der Waals surface area contributed by atoms with E-state index in [9.17, 15) is 4.79 Å². The molecule has 0 spiro atoms. The van der Waals surface area contributed by atoms with Gasteiger partial charge in [-0.05, 0) is 30.7 Å². The van der Waals surface area contributed by atoms with Gasteiger partial charge in [0.1, 0.15) is 0 Å². The molecule has 5 heteroatoms. The molecule has 0 unspecified atom stereocenters. The molecule has 1 aromatic heterocycles. The number of carbonyl (C=O) groups excluding carboxylic acids is 1. The number of carbonyl (C=O) groups is 1. The molecule has 3 rings (SSSR count). The molecule has 0 bridgehead atoms. The summed E-state index contributed by atoms with van der Waals surface area (Å²) < 4.78 is 1.83. The molecule has 0 aliphatic rings. The highest BCUT2D eigenvalue weighted by molar-refractivity contribution is 6.31. The topological polar surface area (TPSA) is 46.9 Å². The van der Waals surface area contributed by atoms with Crippen LogP contribution in [0.25, 0.3) is 10.9 Å². The molecule has 0 radical (unpaired) electrons. The number of halogens is 1. The minimum atomic E-state index is 0.0168. The van der Waals surface area contributed by atoms with Gasteiger partial charge in [0.25, 0.3) is 0 Å². The Morgan fingerprint density at radius 1 is 1.22 bits per heavy atom. The predicted molar refractivity (Wildman–Crippen MR) is 92.4 cm³/mol. The first kappa shape index (κ1) is 15.6. The fourth-order valence-electron chi connectivity index (χ4n) is 2.44. The van der Waals surface area contributed by atoms with E-state index in [1.165, 1.54) is 5.56 Å². The number of amides is 1. The van der Waals surface area contributed by atoms with Gasteiger partial charge in [0.15, 0.2) is 0 Å². The Morgan fingerprint density at radius 3 is 2.78 bits per heavy atom. The van der Waals surface area contributed by atoms with Gasteiger partial charge in [0, 0.05) is 23.4 Å². The molecule has 1 heterocycles. The molecular formula is C18H18ClN3O. The molecule has 1 N–H and O–H groups in total. The summed E-state index contributed by atoms with van der Waals surface area (Å²) in [7, 11) is 0. The Balaban J connectivity index is 1.54. The van der Waals surface area contributed by atoms with Crippen LogP contribution in [0.3, 0.4) is 0 Å². The Labute approximate surface area is 140 Å². The third kappa shape index (κ3) is 3.90. The fourth-order valence-corrected chi connectivity index (χ4v) is 2.62. The van der Waals surface area contributed by atoms with Crippen LogP contribution >= 0.6 is 11.6 Å². The molecular weight excluding hydrogens is 310 g/mol. The summed E-state index contributed by atoms with van der Waals surface area (Å²) in [6.45, 7) is 3.14. The van der Waals surface area contributed by atoms with Gasteiger partial charge < -0.3 is 5.32 Å². The minimum absolute atomic E-state index is 0.0168. The maximum Gasteiger partial charge on any atom is 0.222 e. The first-order valence-electron chi connectivity index (χ1n) is 7.55. The van der Waals surface area contributed by atoms with Crippen molar-refractivity contribution in [2.75, 3.05) is 0 Å². The van der Waals surface area contributed by atoms with Gasteiger partial charge >= 0.3 is 0 Å². The Morgan fingerprint density at radius 2 is 2.00 bits per heavy atom. The normalized spacial score (nSPS) is 10.9. The lowest BCUT2D eigenvalue weighted by Crippen LogP contribution is -2.24. The molecule has 0 fully saturated rings. The number of nitrogens with one attached hydrogen (secondary N) is 1. The van der Waals surface area contributed by atoms with Gasteiger partial charge in [0.05, 0.1) is 18.3 Å². The van der Waals surface area contributed by atoms with Crippen molar-refractivity contribution in [2.45, 2.75) is 26.4 Å². The largest absolute Gasteiger partial charge is 0.352 e. The highest BCUT2D eigenvalue weighted by atomic mass is 35.5. The highest BCUT2D eigenvalue weighted by Gasteiger charge is 2.06. The average Bonchev–Trinajstić information content (AvgIpc) is 2.94. The van der Waals surface area contributed by atoms with E-state index in [4.69, 9.17) is 11.6 Å².